The SMILES string of the molecule is NC(CO)c1nnc(C23CC4CC(CC(C4)C2)C3)o1. The van der Waals surface area contributed by atoms with E-state index in [1.807, 2.05) is 0 Å². The van der Waals surface area contributed by atoms with E-state index in [2.05, 4.69) is 10.2 Å². The molecule has 5 rings (SSSR count). The number of aromatic nitrogens is 2. The van der Waals surface area contributed by atoms with E-state index in [0.717, 1.165) is 23.6 Å². The predicted molar refractivity (Wildman–Crippen MR) is 68.2 cm³/mol. The van der Waals surface area contributed by atoms with E-state index >= 15 is 0 Å². The molecule has 4 saturated carbocycles. The Labute approximate surface area is 112 Å². The summed E-state index contributed by atoms with van der Waals surface area (Å²) in [6.07, 6.45) is 7.81. The van der Waals surface area contributed by atoms with Crippen molar-refractivity contribution >= 4 is 0 Å². The van der Waals surface area contributed by atoms with Crippen molar-refractivity contribution in [3.8, 4) is 0 Å². The van der Waals surface area contributed by atoms with Crippen LogP contribution in [-0.4, -0.2) is 21.9 Å². The number of rotatable bonds is 3. The molecule has 4 bridgehead atoms. The topological polar surface area (TPSA) is 85.2 Å². The van der Waals surface area contributed by atoms with Crippen LogP contribution < -0.4 is 5.73 Å². The summed E-state index contributed by atoms with van der Waals surface area (Å²) >= 11 is 0. The molecule has 1 unspecified atom stereocenters. The Hall–Kier alpha value is -0.940. The Morgan fingerprint density at radius 2 is 1.74 bits per heavy atom. The minimum atomic E-state index is -0.546. The minimum absolute atomic E-state index is 0.120. The molecule has 0 amide bonds. The summed E-state index contributed by atoms with van der Waals surface area (Å²) in [5, 5.41) is 17.4. The predicted octanol–water partition coefficient (Wildman–Crippen LogP) is 1.53. The first-order chi connectivity index (χ1) is 9.18. The van der Waals surface area contributed by atoms with Crippen LogP contribution in [0.15, 0.2) is 4.42 Å². The molecule has 1 atom stereocenters. The van der Waals surface area contributed by atoms with E-state index in [9.17, 15) is 0 Å². The average Bonchev–Trinajstić information content (AvgIpc) is 2.86. The van der Waals surface area contributed by atoms with Crippen LogP contribution in [0.5, 0.6) is 0 Å². The van der Waals surface area contributed by atoms with Crippen LogP contribution in [0.1, 0.15) is 56.3 Å². The Morgan fingerprint density at radius 1 is 1.16 bits per heavy atom. The molecule has 4 fully saturated rings. The first kappa shape index (κ1) is 11.9. The molecule has 5 heteroatoms. The maximum atomic E-state index is 9.08. The van der Waals surface area contributed by atoms with Gasteiger partial charge in [0, 0.05) is 5.41 Å². The Morgan fingerprint density at radius 3 is 2.26 bits per heavy atom. The number of hydrogen-bond donors (Lipinski definition) is 2. The molecule has 19 heavy (non-hydrogen) atoms. The van der Waals surface area contributed by atoms with Gasteiger partial charge in [0.2, 0.25) is 11.8 Å². The highest BCUT2D eigenvalue weighted by Gasteiger charge is 2.54. The normalized spacial score (nSPS) is 41.7. The van der Waals surface area contributed by atoms with Crippen LogP contribution in [0.4, 0.5) is 0 Å². The van der Waals surface area contributed by atoms with Gasteiger partial charge in [-0.1, -0.05) is 0 Å². The van der Waals surface area contributed by atoms with Crippen LogP contribution >= 0.6 is 0 Å². The summed E-state index contributed by atoms with van der Waals surface area (Å²) in [6, 6.07) is -0.546. The van der Waals surface area contributed by atoms with Gasteiger partial charge < -0.3 is 15.3 Å². The van der Waals surface area contributed by atoms with Gasteiger partial charge >= 0.3 is 0 Å². The van der Waals surface area contributed by atoms with Gasteiger partial charge in [-0.05, 0) is 56.3 Å². The van der Waals surface area contributed by atoms with E-state index in [1.54, 1.807) is 0 Å². The molecule has 104 valence electrons. The quantitative estimate of drug-likeness (QED) is 0.863. The van der Waals surface area contributed by atoms with Crippen molar-refractivity contribution in [2.24, 2.45) is 23.5 Å². The summed E-state index contributed by atoms with van der Waals surface area (Å²) in [6.45, 7) is -0.150. The molecule has 1 aromatic heterocycles. The fourth-order valence-corrected chi connectivity index (χ4v) is 5.05. The van der Waals surface area contributed by atoms with E-state index < -0.39 is 6.04 Å². The molecule has 3 N–H and O–H groups in total. The molecule has 4 aliphatic carbocycles. The van der Waals surface area contributed by atoms with Crippen molar-refractivity contribution in [2.75, 3.05) is 6.61 Å². The number of nitrogens with zero attached hydrogens (tertiary/aromatic N) is 2. The van der Waals surface area contributed by atoms with Crippen molar-refractivity contribution in [3.05, 3.63) is 11.8 Å². The van der Waals surface area contributed by atoms with Crippen LogP contribution in [0.2, 0.25) is 0 Å². The lowest BCUT2D eigenvalue weighted by atomic mass is 9.49. The molecule has 5 nitrogen and oxygen atoms in total. The lowest BCUT2D eigenvalue weighted by Crippen LogP contribution is -2.48. The monoisotopic (exact) mass is 263 g/mol. The smallest absolute Gasteiger partial charge is 0.235 e. The maximum Gasteiger partial charge on any atom is 0.235 e. The third-order valence-corrected chi connectivity index (χ3v) is 5.45. The van der Waals surface area contributed by atoms with Crippen molar-refractivity contribution in [1.82, 2.24) is 10.2 Å². The summed E-state index contributed by atoms with van der Waals surface area (Å²) in [4.78, 5) is 0. The number of nitrogens with two attached hydrogens (primary N) is 1. The lowest BCUT2D eigenvalue weighted by molar-refractivity contribution is -0.0184. The summed E-state index contributed by atoms with van der Waals surface area (Å²) in [7, 11) is 0. The molecule has 0 saturated heterocycles. The Bertz CT molecular complexity index is 450. The Kier molecular flexibility index (Phi) is 2.51. The maximum absolute atomic E-state index is 9.08. The van der Waals surface area contributed by atoms with Crippen molar-refractivity contribution in [2.45, 2.75) is 50.0 Å². The van der Waals surface area contributed by atoms with Gasteiger partial charge in [0.1, 0.15) is 6.04 Å². The third-order valence-electron chi connectivity index (χ3n) is 5.45. The summed E-state index contributed by atoms with van der Waals surface area (Å²) < 4.78 is 5.81. The largest absolute Gasteiger partial charge is 0.423 e. The zero-order valence-electron chi connectivity index (χ0n) is 11.1. The standard InChI is InChI=1S/C14H21N3O2/c15-11(7-18)12-16-17-13(19-12)14-4-8-1-9(5-14)3-10(2-8)6-14/h8-11,18H,1-7,15H2. The van der Waals surface area contributed by atoms with Crippen LogP contribution in [0.3, 0.4) is 0 Å². The second-order valence-electron chi connectivity index (χ2n) is 6.93. The van der Waals surface area contributed by atoms with Gasteiger partial charge in [-0.3, -0.25) is 0 Å². The number of aliphatic hydroxyl groups is 1. The number of aliphatic hydroxyl groups excluding tert-OH is 1. The van der Waals surface area contributed by atoms with Gasteiger partial charge in [-0.25, -0.2) is 0 Å². The van der Waals surface area contributed by atoms with Crippen LogP contribution in [-0.2, 0) is 5.41 Å². The molecular weight excluding hydrogens is 242 g/mol. The first-order valence-electron chi connectivity index (χ1n) is 7.39. The first-order valence-corrected chi connectivity index (χ1v) is 7.39. The van der Waals surface area contributed by atoms with Crippen molar-refractivity contribution in [3.63, 3.8) is 0 Å². The van der Waals surface area contributed by atoms with E-state index in [4.69, 9.17) is 15.3 Å². The zero-order chi connectivity index (χ0) is 13.0. The average molecular weight is 263 g/mol. The molecule has 1 aromatic rings. The van der Waals surface area contributed by atoms with Gasteiger partial charge in [0.25, 0.3) is 0 Å². The molecule has 1 heterocycles. The second kappa shape index (κ2) is 4.03. The molecule has 4 aliphatic rings. The number of hydrogen-bond acceptors (Lipinski definition) is 5. The van der Waals surface area contributed by atoms with E-state index in [1.165, 1.54) is 38.5 Å². The minimum Gasteiger partial charge on any atom is -0.423 e. The van der Waals surface area contributed by atoms with Crippen molar-refractivity contribution in [1.29, 1.82) is 0 Å². The fraction of sp³-hybridized carbons (Fsp3) is 0.857. The molecule has 0 spiro atoms. The van der Waals surface area contributed by atoms with E-state index in [0.29, 0.717) is 5.89 Å². The third kappa shape index (κ3) is 1.75. The van der Waals surface area contributed by atoms with Gasteiger partial charge in [0.05, 0.1) is 6.61 Å². The molecule has 0 radical (unpaired) electrons. The van der Waals surface area contributed by atoms with Gasteiger partial charge in [0.15, 0.2) is 0 Å². The molecular formula is C14H21N3O2. The van der Waals surface area contributed by atoms with Gasteiger partial charge in [-0.2, -0.15) is 0 Å². The summed E-state index contributed by atoms with van der Waals surface area (Å²) in [5.41, 5.74) is 5.87. The fourth-order valence-electron chi connectivity index (χ4n) is 5.05. The summed E-state index contributed by atoms with van der Waals surface area (Å²) in [5.74, 6) is 3.73. The highest BCUT2D eigenvalue weighted by molar-refractivity contribution is 5.15. The van der Waals surface area contributed by atoms with Crippen LogP contribution in [0, 0.1) is 17.8 Å². The zero-order valence-corrected chi connectivity index (χ0v) is 11.1. The highest BCUT2D eigenvalue weighted by Crippen LogP contribution is 2.60. The van der Waals surface area contributed by atoms with Crippen molar-refractivity contribution < 1.29 is 9.52 Å². The van der Waals surface area contributed by atoms with Crippen LogP contribution in [0.25, 0.3) is 0 Å². The lowest BCUT2D eigenvalue weighted by Gasteiger charge is -2.55. The second-order valence-corrected chi connectivity index (χ2v) is 6.93. The van der Waals surface area contributed by atoms with Gasteiger partial charge in [-0.15, -0.1) is 10.2 Å². The highest BCUT2D eigenvalue weighted by atomic mass is 16.4. The Balaban J connectivity index is 1.66. The molecule has 0 aliphatic heterocycles. The van der Waals surface area contributed by atoms with E-state index in [-0.39, 0.29) is 12.0 Å². The molecule has 0 aromatic carbocycles.